The van der Waals surface area contributed by atoms with E-state index in [9.17, 15) is 14.3 Å². The molecule has 1 amide bonds. The summed E-state index contributed by atoms with van der Waals surface area (Å²) in [5, 5.41) is 11.9. The molecule has 1 fully saturated rings. The Bertz CT molecular complexity index is 394. The van der Waals surface area contributed by atoms with Crippen molar-refractivity contribution in [3.05, 3.63) is 29.8 Å². The van der Waals surface area contributed by atoms with Crippen molar-refractivity contribution in [3.8, 4) is 5.75 Å². The number of carbonyl (C=O) groups is 1. The molecule has 2 rings (SSSR count). The van der Waals surface area contributed by atoms with E-state index in [1.807, 2.05) is 0 Å². The largest absolute Gasteiger partial charge is 0.508 e. The molecule has 1 aromatic carbocycles. The van der Waals surface area contributed by atoms with E-state index in [-0.39, 0.29) is 17.7 Å². The number of phenols is 1. The van der Waals surface area contributed by atoms with E-state index in [1.54, 1.807) is 12.1 Å². The van der Waals surface area contributed by atoms with E-state index in [2.05, 4.69) is 5.32 Å². The highest BCUT2D eigenvalue weighted by Gasteiger charge is 2.28. The number of hydrogen-bond donors (Lipinski definition) is 2. The third-order valence-corrected chi connectivity index (χ3v) is 2.86. The second kappa shape index (κ2) is 4.51. The van der Waals surface area contributed by atoms with Gasteiger partial charge in [0.15, 0.2) is 0 Å². The van der Waals surface area contributed by atoms with Crippen molar-refractivity contribution in [2.75, 3.05) is 0 Å². The van der Waals surface area contributed by atoms with Gasteiger partial charge in [-0.3, -0.25) is 4.79 Å². The molecule has 1 saturated carbocycles. The number of phenolic OH excluding ortho intramolecular Hbond substituents is 1. The van der Waals surface area contributed by atoms with Gasteiger partial charge < -0.3 is 10.4 Å². The van der Waals surface area contributed by atoms with Crippen LogP contribution in [0.1, 0.15) is 29.6 Å². The first-order valence-electron chi connectivity index (χ1n) is 5.41. The van der Waals surface area contributed by atoms with Crippen LogP contribution in [0.3, 0.4) is 0 Å². The zero-order valence-corrected chi connectivity index (χ0v) is 8.82. The highest BCUT2D eigenvalue weighted by Crippen LogP contribution is 2.22. The van der Waals surface area contributed by atoms with Crippen LogP contribution in [0.5, 0.6) is 5.75 Å². The van der Waals surface area contributed by atoms with Crippen molar-refractivity contribution in [1.29, 1.82) is 0 Å². The van der Waals surface area contributed by atoms with Crippen molar-refractivity contribution in [2.45, 2.75) is 31.5 Å². The molecule has 1 aliphatic rings. The Hall–Kier alpha value is -1.58. The lowest BCUT2D eigenvalue weighted by Gasteiger charge is -2.14. The van der Waals surface area contributed by atoms with Gasteiger partial charge in [-0.05, 0) is 37.5 Å². The van der Waals surface area contributed by atoms with E-state index in [4.69, 9.17) is 0 Å². The van der Waals surface area contributed by atoms with Gasteiger partial charge in [-0.15, -0.1) is 0 Å². The summed E-state index contributed by atoms with van der Waals surface area (Å²) in [6.45, 7) is 0. The zero-order valence-electron chi connectivity index (χ0n) is 8.82. The molecular formula is C12H14FNO2. The number of benzene rings is 1. The highest BCUT2D eigenvalue weighted by molar-refractivity contribution is 5.94. The Balaban J connectivity index is 2.03. The van der Waals surface area contributed by atoms with Gasteiger partial charge in [0.05, 0.1) is 6.04 Å². The Morgan fingerprint density at radius 2 is 2.25 bits per heavy atom. The van der Waals surface area contributed by atoms with Gasteiger partial charge in [-0.2, -0.15) is 0 Å². The summed E-state index contributed by atoms with van der Waals surface area (Å²) >= 11 is 0. The van der Waals surface area contributed by atoms with E-state index in [0.29, 0.717) is 18.4 Å². The minimum absolute atomic E-state index is 0.0378. The zero-order chi connectivity index (χ0) is 11.5. The molecule has 0 unspecified atom stereocenters. The number of amides is 1. The molecule has 2 N–H and O–H groups in total. The number of rotatable bonds is 2. The van der Waals surface area contributed by atoms with Crippen molar-refractivity contribution in [1.82, 2.24) is 5.32 Å². The van der Waals surface area contributed by atoms with Gasteiger partial charge in [-0.25, -0.2) is 4.39 Å². The van der Waals surface area contributed by atoms with Crippen LogP contribution >= 0.6 is 0 Å². The van der Waals surface area contributed by atoms with Gasteiger partial charge in [0.25, 0.3) is 5.91 Å². The maximum Gasteiger partial charge on any atom is 0.251 e. The molecule has 0 radical (unpaired) electrons. The van der Waals surface area contributed by atoms with E-state index in [0.717, 1.165) is 6.42 Å². The lowest BCUT2D eigenvalue weighted by Crippen LogP contribution is -2.38. The normalized spacial score (nSPS) is 24.3. The quantitative estimate of drug-likeness (QED) is 0.805. The Morgan fingerprint density at radius 1 is 1.44 bits per heavy atom. The van der Waals surface area contributed by atoms with Crippen LogP contribution in [-0.4, -0.2) is 23.2 Å². The molecule has 0 saturated heterocycles. The molecule has 4 heteroatoms. The lowest BCUT2D eigenvalue weighted by atomic mass is 10.1. The average Bonchev–Trinajstić information content (AvgIpc) is 2.64. The Morgan fingerprint density at radius 3 is 2.88 bits per heavy atom. The maximum absolute atomic E-state index is 13.3. The van der Waals surface area contributed by atoms with Crippen molar-refractivity contribution >= 4 is 5.91 Å². The monoisotopic (exact) mass is 223 g/mol. The molecule has 0 aromatic heterocycles. The van der Waals surface area contributed by atoms with E-state index >= 15 is 0 Å². The summed E-state index contributed by atoms with van der Waals surface area (Å²) in [6.07, 6.45) is 1.07. The second-order valence-electron chi connectivity index (χ2n) is 4.08. The fraction of sp³-hybridized carbons (Fsp3) is 0.417. The summed E-state index contributed by atoms with van der Waals surface area (Å²) in [7, 11) is 0. The Labute approximate surface area is 93.3 Å². The molecular weight excluding hydrogens is 209 g/mol. The number of aromatic hydroxyl groups is 1. The van der Waals surface area contributed by atoms with Gasteiger partial charge in [0.2, 0.25) is 0 Å². The summed E-state index contributed by atoms with van der Waals surface area (Å²) in [6, 6.07) is 5.67. The molecule has 1 aliphatic carbocycles. The molecule has 1 aromatic rings. The van der Waals surface area contributed by atoms with Crippen LogP contribution in [0.15, 0.2) is 24.3 Å². The first-order valence-corrected chi connectivity index (χ1v) is 5.41. The van der Waals surface area contributed by atoms with Gasteiger partial charge in [0, 0.05) is 5.56 Å². The van der Waals surface area contributed by atoms with Crippen LogP contribution in [-0.2, 0) is 0 Å². The second-order valence-corrected chi connectivity index (χ2v) is 4.08. The SMILES string of the molecule is O=C(N[C@H]1CCC[C@H]1F)c1cccc(O)c1. The van der Waals surface area contributed by atoms with Crippen LogP contribution in [0.2, 0.25) is 0 Å². The highest BCUT2D eigenvalue weighted by atomic mass is 19.1. The van der Waals surface area contributed by atoms with Gasteiger partial charge in [-0.1, -0.05) is 6.07 Å². The third kappa shape index (κ3) is 2.32. The van der Waals surface area contributed by atoms with Crippen LogP contribution < -0.4 is 5.32 Å². The number of alkyl halides is 1. The summed E-state index contributed by atoms with van der Waals surface area (Å²) in [5.41, 5.74) is 0.360. The van der Waals surface area contributed by atoms with Gasteiger partial charge in [0.1, 0.15) is 11.9 Å². The first kappa shape index (κ1) is 10.9. The van der Waals surface area contributed by atoms with Crippen molar-refractivity contribution in [3.63, 3.8) is 0 Å². The molecule has 0 aliphatic heterocycles. The number of carbonyl (C=O) groups excluding carboxylic acids is 1. The molecule has 2 atom stereocenters. The topological polar surface area (TPSA) is 49.3 Å². The number of hydrogen-bond acceptors (Lipinski definition) is 2. The van der Waals surface area contributed by atoms with Crippen molar-refractivity contribution < 1.29 is 14.3 Å². The molecule has 16 heavy (non-hydrogen) atoms. The minimum atomic E-state index is -0.943. The van der Waals surface area contributed by atoms with Crippen LogP contribution in [0.4, 0.5) is 4.39 Å². The predicted molar refractivity (Wildman–Crippen MR) is 58.1 cm³/mol. The molecule has 0 bridgehead atoms. The first-order chi connectivity index (χ1) is 7.66. The van der Waals surface area contributed by atoms with E-state index < -0.39 is 6.17 Å². The fourth-order valence-corrected chi connectivity index (χ4v) is 1.98. The molecule has 86 valence electrons. The van der Waals surface area contributed by atoms with Crippen LogP contribution in [0, 0.1) is 0 Å². The smallest absolute Gasteiger partial charge is 0.251 e. The lowest BCUT2D eigenvalue weighted by molar-refractivity contribution is 0.0919. The standard InChI is InChI=1S/C12H14FNO2/c13-10-5-2-6-11(10)14-12(16)8-3-1-4-9(15)7-8/h1,3-4,7,10-11,15H,2,5-6H2,(H,14,16)/t10-,11+/m1/s1. The summed E-state index contributed by atoms with van der Waals surface area (Å²) < 4.78 is 13.3. The molecule has 0 spiro atoms. The Kier molecular flexibility index (Phi) is 3.08. The average molecular weight is 223 g/mol. The molecule has 0 heterocycles. The fourth-order valence-electron chi connectivity index (χ4n) is 1.98. The summed E-state index contributed by atoms with van der Waals surface area (Å²) in [5.74, 6) is -0.290. The molecule has 3 nitrogen and oxygen atoms in total. The maximum atomic E-state index is 13.3. The van der Waals surface area contributed by atoms with Crippen molar-refractivity contribution in [2.24, 2.45) is 0 Å². The number of nitrogens with one attached hydrogen (secondary N) is 1. The number of halogens is 1. The van der Waals surface area contributed by atoms with Gasteiger partial charge >= 0.3 is 0 Å². The van der Waals surface area contributed by atoms with E-state index in [1.165, 1.54) is 12.1 Å². The predicted octanol–water partition coefficient (Wildman–Crippen LogP) is 2.01. The summed E-state index contributed by atoms with van der Waals surface area (Å²) in [4.78, 5) is 11.7. The minimum Gasteiger partial charge on any atom is -0.508 e. The third-order valence-electron chi connectivity index (χ3n) is 2.86. The van der Waals surface area contributed by atoms with Crippen LogP contribution in [0.25, 0.3) is 0 Å².